The highest BCUT2D eigenvalue weighted by Gasteiger charge is 2.36. The van der Waals surface area contributed by atoms with Gasteiger partial charge in [-0.05, 0) is 36.1 Å². The number of fused-ring (bicyclic) bond motifs is 1. The maximum atomic E-state index is 12.7. The molecule has 0 radical (unpaired) electrons. The Morgan fingerprint density at radius 1 is 1.42 bits per heavy atom. The first-order valence-corrected chi connectivity index (χ1v) is 5.88. The molecule has 2 atom stereocenters. The molecule has 0 saturated heterocycles. The quantitative estimate of drug-likeness (QED) is 0.800. The minimum Gasteiger partial charge on any atom is -0.469 e. The van der Waals surface area contributed by atoms with Crippen molar-refractivity contribution in [2.24, 2.45) is 11.7 Å². The predicted molar refractivity (Wildman–Crippen MR) is 62.2 cm³/mol. The summed E-state index contributed by atoms with van der Waals surface area (Å²) in [5, 5.41) is 0. The molecule has 1 aliphatic carbocycles. The number of alkyl halides is 3. The Balaban J connectivity index is 2.38. The molecule has 0 spiro atoms. The van der Waals surface area contributed by atoms with Gasteiger partial charge in [0.15, 0.2) is 0 Å². The lowest BCUT2D eigenvalue weighted by atomic mass is 9.79. The summed E-state index contributed by atoms with van der Waals surface area (Å²) in [7, 11) is 1.25. The number of esters is 1. The smallest absolute Gasteiger partial charge is 0.416 e. The molecule has 2 rings (SSSR count). The van der Waals surface area contributed by atoms with Gasteiger partial charge in [-0.3, -0.25) is 4.79 Å². The van der Waals surface area contributed by atoms with Crippen molar-refractivity contribution in [1.29, 1.82) is 0 Å². The topological polar surface area (TPSA) is 52.3 Å². The van der Waals surface area contributed by atoms with Crippen molar-refractivity contribution in [3.05, 3.63) is 34.9 Å². The van der Waals surface area contributed by atoms with Crippen LogP contribution in [0.2, 0.25) is 0 Å². The van der Waals surface area contributed by atoms with Crippen LogP contribution in [0.5, 0.6) is 0 Å². The summed E-state index contributed by atoms with van der Waals surface area (Å²) < 4.78 is 42.7. The normalized spacial score (nSPS) is 22.8. The summed E-state index contributed by atoms with van der Waals surface area (Å²) >= 11 is 0. The first-order valence-electron chi connectivity index (χ1n) is 5.88. The molecule has 0 aliphatic heterocycles. The highest BCUT2D eigenvalue weighted by molar-refractivity contribution is 5.74. The molecule has 104 valence electrons. The van der Waals surface area contributed by atoms with Crippen LogP contribution in [0.25, 0.3) is 0 Å². The minimum absolute atomic E-state index is 0.386. The molecule has 0 bridgehead atoms. The van der Waals surface area contributed by atoms with Crippen LogP contribution in [0.1, 0.15) is 29.2 Å². The van der Waals surface area contributed by atoms with Gasteiger partial charge >= 0.3 is 12.1 Å². The zero-order chi connectivity index (χ0) is 14.2. The van der Waals surface area contributed by atoms with Crippen molar-refractivity contribution >= 4 is 5.97 Å². The number of hydrogen-bond donors (Lipinski definition) is 1. The van der Waals surface area contributed by atoms with E-state index in [2.05, 4.69) is 4.74 Å². The summed E-state index contributed by atoms with van der Waals surface area (Å²) in [6.07, 6.45) is -3.39. The number of nitrogens with two attached hydrogens (primary N) is 1. The van der Waals surface area contributed by atoms with Gasteiger partial charge in [-0.2, -0.15) is 13.2 Å². The molecule has 1 aromatic carbocycles. The largest absolute Gasteiger partial charge is 0.469 e. The second-order valence-corrected chi connectivity index (χ2v) is 4.61. The Morgan fingerprint density at radius 3 is 2.68 bits per heavy atom. The monoisotopic (exact) mass is 273 g/mol. The molecule has 3 nitrogen and oxygen atoms in total. The summed E-state index contributed by atoms with van der Waals surface area (Å²) in [6.45, 7) is 0. The van der Waals surface area contributed by atoms with Crippen molar-refractivity contribution in [3.8, 4) is 0 Å². The number of ether oxygens (including phenoxy) is 1. The fraction of sp³-hybridized carbons (Fsp3) is 0.462. The van der Waals surface area contributed by atoms with E-state index in [1.54, 1.807) is 0 Å². The maximum absolute atomic E-state index is 12.7. The lowest BCUT2D eigenvalue weighted by Gasteiger charge is -2.29. The second-order valence-electron chi connectivity index (χ2n) is 4.61. The van der Waals surface area contributed by atoms with E-state index in [-0.39, 0.29) is 0 Å². The summed E-state index contributed by atoms with van der Waals surface area (Å²) in [5.74, 6) is -1.06. The zero-order valence-electron chi connectivity index (χ0n) is 10.3. The molecular weight excluding hydrogens is 259 g/mol. The van der Waals surface area contributed by atoms with Crippen LogP contribution in [0.15, 0.2) is 18.2 Å². The number of halogens is 3. The summed E-state index contributed by atoms with van der Waals surface area (Å²) in [6, 6.07) is 2.77. The first-order chi connectivity index (χ1) is 8.84. The van der Waals surface area contributed by atoms with Crippen molar-refractivity contribution in [3.63, 3.8) is 0 Å². The third-order valence-corrected chi connectivity index (χ3v) is 3.49. The van der Waals surface area contributed by atoms with Crippen LogP contribution in [-0.4, -0.2) is 13.1 Å². The number of hydrogen-bond acceptors (Lipinski definition) is 3. The minimum atomic E-state index is -4.41. The van der Waals surface area contributed by atoms with Crippen LogP contribution in [0, 0.1) is 5.92 Å². The fourth-order valence-corrected chi connectivity index (χ4v) is 2.43. The van der Waals surface area contributed by atoms with E-state index in [4.69, 9.17) is 5.73 Å². The van der Waals surface area contributed by atoms with E-state index in [0.717, 1.165) is 17.7 Å². The van der Waals surface area contributed by atoms with Gasteiger partial charge in [0, 0.05) is 6.04 Å². The van der Waals surface area contributed by atoms with E-state index in [1.807, 2.05) is 0 Å². The SMILES string of the molecule is COC(=O)C1CCc2ccc(C(F)(F)F)cc2C1N. The van der Waals surface area contributed by atoms with Gasteiger partial charge in [-0.25, -0.2) is 0 Å². The second kappa shape index (κ2) is 4.85. The van der Waals surface area contributed by atoms with Crippen molar-refractivity contribution in [1.82, 2.24) is 0 Å². The van der Waals surface area contributed by atoms with E-state index < -0.39 is 29.7 Å². The third kappa shape index (κ3) is 2.58. The van der Waals surface area contributed by atoms with E-state index in [1.165, 1.54) is 13.2 Å². The molecule has 2 N–H and O–H groups in total. The van der Waals surface area contributed by atoms with Crippen LogP contribution in [0.4, 0.5) is 13.2 Å². The summed E-state index contributed by atoms with van der Waals surface area (Å²) in [4.78, 5) is 11.5. The van der Waals surface area contributed by atoms with Crippen LogP contribution >= 0.6 is 0 Å². The van der Waals surface area contributed by atoms with E-state index in [0.29, 0.717) is 18.4 Å². The molecular formula is C13H14F3NO2. The number of benzene rings is 1. The van der Waals surface area contributed by atoms with Crippen molar-refractivity contribution < 1.29 is 22.7 Å². The van der Waals surface area contributed by atoms with Crippen LogP contribution in [-0.2, 0) is 22.1 Å². The molecule has 0 aromatic heterocycles. The van der Waals surface area contributed by atoms with Crippen LogP contribution < -0.4 is 5.73 Å². The molecule has 6 heteroatoms. The highest BCUT2D eigenvalue weighted by atomic mass is 19.4. The Labute approximate surface area is 108 Å². The molecule has 0 fully saturated rings. The van der Waals surface area contributed by atoms with Crippen molar-refractivity contribution in [2.45, 2.75) is 25.1 Å². The predicted octanol–water partition coefficient (Wildman–Crippen LogP) is 2.44. The van der Waals surface area contributed by atoms with Gasteiger partial charge in [0.25, 0.3) is 0 Å². The average Bonchev–Trinajstić information content (AvgIpc) is 2.37. The van der Waals surface area contributed by atoms with Crippen LogP contribution in [0.3, 0.4) is 0 Å². The molecule has 1 aliphatic rings. The number of aryl methyl sites for hydroxylation is 1. The Kier molecular flexibility index (Phi) is 3.54. The maximum Gasteiger partial charge on any atom is 0.416 e. The van der Waals surface area contributed by atoms with E-state index >= 15 is 0 Å². The molecule has 0 heterocycles. The fourth-order valence-electron chi connectivity index (χ4n) is 2.43. The number of carbonyl (C=O) groups excluding carboxylic acids is 1. The Hall–Kier alpha value is -1.56. The lowest BCUT2D eigenvalue weighted by molar-refractivity contribution is -0.146. The lowest BCUT2D eigenvalue weighted by Crippen LogP contribution is -2.33. The van der Waals surface area contributed by atoms with Gasteiger partial charge in [0.05, 0.1) is 18.6 Å². The van der Waals surface area contributed by atoms with Gasteiger partial charge in [-0.1, -0.05) is 6.07 Å². The number of carbonyl (C=O) groups is 1. The Bertz CT molecular complexity index is 499. The average molecular weight is 273 g/mol. The molecule has 1 aromatic rings. The van der Waals surface area contributed by atoms with Gasteiger partial charge in [0.1, 0.15) is 0 Å². The standard InChI is InChI=1S/C13H14F3NO2/c1-19-12(18)9-5-3-7-2-4-8(13(14,15)16)6-10(7)11(9)17/h2,4,6,9,11H,3,5,17H2,1H3. The molecule has 2 unspecified atom stereocenters. The first kappa shape index (κ1) is 13.9. The molecule has 19 heavy (non-hydrogen) atoms. The highest BCUT2D eigenvalue weighted by Crippen LogP contribution is 2.37. The zero-order valence-corrected chi connectivity index (χ0v) is 10.3. The van der Waals surface area contributed by atoms with Gasteiger partial charge < -0.3 is 10.5 Å². The Morgan fingerprint density at radius 2 is 2.11 bits per heavy atom. The number of rotatable bonds is 1. The third-order valence-electron chi connectivity index (χ3n) is 3.49. The molecule has 0 saturated carbocycles. The van der Waals surface area contributed by atoms with Gasteiger partial charge in [0.2, 0.25) is 0 Å². The van der Waals surface area contributed by atoms with Crippen molar-refractivity contribution in [2.75, 3.05) is 7.11 Å². The number of methoxy groups -OCH3 is 1. The summed E-state index contributed by atoms with van der Waals surface area (Å²) in [5.41, 5.74) is 6.32. The van der Waals surface area contributed by atoms with Gasteiger partial charge in [-0.15, -0.1) is 0 Å². The van der Waals surface area contributed by atoms with E-state index in [9.17, 15) is 18.0 Å². The molecule has 0 amide bonds.